The molecule has 0 heterocycles. The van der Waals surface area contributed by atoms with Gasteiger partial charge >= 0.3 is 5.97 Å². The fourth-order valence-corrected chi connectivity index (χ4v) is 1.41. The molecule has 1 rings (SSSR count). The number of aryl methyl sites for hydroxylation is 1. The number of rotatable bonds is 4. The van der Waals surface area contributed by atoms with Crippen molar-refractivity contribution in [2.45, 2.75) is 13.3 Å². The van der Waals surface area contributed by atoms with Crippen molar-refractivity contribution in [2.75, 3.05) is 14.2 Å². The van der Waals surface area contributed by atoms with Crippen LogP contribution in [0.15, 0.2) is 18.2 Å². The minimum Gasteiger partial charge on any atom is -0.496 e. The molecule has 0 spiro atoms. The van der Waals surface area contributed by atoms with Gasteiger partial charge in [-0.25, -0.2) is 4.79 Å². The van der Waals surface area contributed by atoms with Crippen LogP contribution in [-0.2, 0) is 16.0 Å². The van der Waals surface area contributed by atoms with Crippen molar-refractivity contribution in [2.24, 2.45) is 0 Å². The van der Waals surface area contributed by atoms with Gasteiger partial charge in [0.1, 0.15) is 5.75 Å². The third kappa shape index (κ3) is 2.39. The summed E-state index contributed by atoms with van der Waals surface area (Å²) in [7, 11) is 2.75. The Bertz CT molecular complexity index is 409. The summed E-state index contributed by atoms with van der Waals surface area (Å²) in [4.78, 5) is 22.6. The van der Waals surface area contributed by atoms with Crippen LogP contribution in [0.4, 0.5) is 0 Å². The molecule has 1 aromatic carbocycles. The summed E-state index contributed by atoms with van der Waals surface area (Å²) in [5.74, 6) is -0.781. The van der Waals surface area contributed by atoms with Crippen LogP contribution in [0.25, 0.3) is 0 Å². The van der Waals surface area contributed by atoms with Gasteiger partial charge in [-0.15, -0.1) is 0 Å². The van der Waals surface area contributed by atoms with Crippen molar-refractivity contribution >= 4 is 11.8 Å². The lowest BCUT2D eigenvalue weighted by atomic mass is 10.0. The fraction of sp³-hybridized carbons (Fsp3) is 0.333. The Morgan fingerprint density at radius 2 is 1.94 bits per heavy atom. The van der Waals surface area contributed by atoms with Gasteiger partial charge in [-0.05, 0) is 30.2 Å². The summed E-state index contributed by atoms with van der Waals surface area (Å²) in [5.41, 5.74) is 1.21. The number of esters is 1. The van der Waals surface area contributed by atoms with Crippen LogP contribution in [0.3, 0.4) is 0 Å². The lowest BCUT2D eigenvalue weighted by Gasteiger charge is -2.07. The topological polar surface area (TPSA) is 52.6 Å². The van der Waals surface area contributed by atoms with Crippen LogP contribution in [0, 0.1) is 0 Å². The second kappa shape index (κ2) is 5.30. The van der Waals surface area contributed by atoms with E-state index in [0.29, 0.717) is 11.3 Å². The van der Waals surface area contributed by atoms with Crippen molar-refractivity contribution in [3.8, 4) is 5.75 Å². The third-order valence-corrected chi connectivity index (χ3v) is 2.29. The van der Waals surface area contributed by atoms with E-state index >= 15 is 0 Å². The first-order chi connectivity index (χ1) is 7.63. The van der Waals surface area contributed by atoms with Gasteiger partial charge in [-0.1, -0.05) is 6.92 Å². The van der Waals surface area contributed by atoms with Crippen molar-refractivity contribution in [3.05, 3.63) is 29.3 Å². The molecule has 0 aliphatic carbocycles. The standard InChI is InChI=1S/C12H14O4/c1-4-8-7-9(5-6-10(8)15-2)11(13)12(14)16-3/h5-7H,4H2,1-3H3. The lowest BCUT2D eigenvalue weighted by molar-refractivity contribution is -0.135. The molecule has 4 nitrogen and oxygen atoms in total. The first-order valence-corrected chi connectivity index (χ1v) is 4.93. The molecule has 0 N–H and O–H groups in total. The fourth-order valence-electron chi connectivity index (χ4n) is 1.41. The van der Waals surface area contributed by atoms with Crippen LogP contribution in [-0.4, -0.2) is 26.0 Å². The van der Waals surface area contributed by atoms with Crippen molar-refractivity contribution in [3.63, 3.8) is 0 Å². The first kappa shape index (κ1) is 12.2. The molecular weight excluding hydrogens is 208 g/mol. The van der Waals surface area contributed by atoms with Crippen LogP contribution >= 0.6 is 0 Å². The zero-order valence-electron chi connectivity index (χ0n) is 9.57. The Hall–Kier alpha value is -1.84. The molecule has 0 saturated carbocycles. The SMILES string of the molecule is CCc1cc(C(=O)C(=O)OC)ccc1OC. The molecule has 0 amide bonds. The summed E-state index contributed by atoms with van der Waals surface area (Å²) >= 11 is 0. The Kier molecular flexibility index (Phi) is 4.05. The monoisotopic (exact) mass is 222 g/mol. The van der Waals surface area contributed by atoms with E-state index in [2.05, 4.69) is 4.74 Å². The van der Waals surface area contributed by atoms with Gasteiger partial charge in [0.25, 0.3) is 5.78 Å². The predicted octanol–water partition coefficient (Wildman–Crippen LogP) is 1.61. The maximum atomic E-state index is 11.5. The number of hydrogen-bond donors (Lipinski definition) is 0. The van der Waals surface area contributed by atoms with Gasteiger partial charge in [0.2, 0.25) is 0 Å². The molecule has 0 saturated heterocycles. The van der Waals surface area contributed by atoms with Crippen molar-refractivity contribution in [1.29, 1.82) is 0 Å². The summed E-state index contributed by atoms with van der Waals surface area (Å²) in [5, 5.41) is 0. The molecule has 0 aliphatic rings. The highest BCUT2D eigenvalue weighted by Gasteiger charge is 2.17. The number of benzene rings is 1. The van der Waals surface area contributed by atoms with E-state index < -0.39 is 11.8 Å². The molecular formula is C12H14O4. The first-order valence-electron chi connectivity index (χ1n) is 4.93. The minimum atomic E-state index is -0.854. The molecule has 0 aliphatic heterocycles. The summed E-state index contributed by atoms with van der Waals surface area (Å²) in [6.45, 7) is 1.95. The highest BCUT2D eigenvalue weighted by molar-refractivity contribution is 6.40. The van der Waals surface area contributed by atoms with Crippen molar-refractivity contribution in [1.82, 2.24) is 0 Å². The van der Waals surface area contributed by atoms with E-state index in [-0.39, 0.29) is 0 Å². The summed E-state index contributed by atoms with van der Waals surface area (Å²) in [6, 6.07) is 4.88. The maximum Gasteiger partial charge on any atom is 0.379 e. The molecule has 0 bridgehead atoms. The summed E-state index contributed by atoms with van der Waals surface area (Å²) < 4.78 is 9.51. The number of Topliss-reactive ketones (excluding diaryl/α,β-unsaturated/α-hetero) is 1. The minimum absolute atomic E-state index is 0.324. The van der Waals surface area contributed by atoms with Crippen LogP contribution in [0.2, 0.25) is 0 Å². The molecule has 0 radical (unpaired) electrons. The quantitative estimate of drug-likeness (QED) is 0.441. The highest BCUT2D eigenvalue weighted by atomic mass is 16.5. The van der Waals surface area contributed by atoms with Crippen LogP contribution in [0.1, 0.15) is 22.8 Å². The molecule has 16 heavy (non-hydrogen) atoms. The average molecular weight is 222 g/mol. The Morgan fingerprint density at radius 3 is 2.44 bits per heavy atom. The van der Waals surface area contributed by atoms with E-state index in [1.54, 1.807) is 25.3 Å². The van der Waals surface area contributed by atoms with E-state index in [9.17, 15) is 9.59 Å². The van der Waals surface area contributed by atoms with E-state index in [1.165, 1.54) is 7.11 Å². The molecule has 1 aromatic rings. The predicted molar refractivity (Wildman–Crippen MR) is 58.7 cm³/mol. The highest BCUT2D eigenvalue weighted by Crippen LogP contribution is 2.20. The normalized spacial score (nSPS) is 9.69. The smallest absolute Gasteiger partial charge is 0.379 e. The average Bonchev–Trinajstić information content (AvgIpc) is 2.35. The Balaban J connectivity index is 3.08. The van der Waals surface area contributed by atoms with E-state index in [1.807, 2.05) is 6.92 Å². The summed E-state index contributed by atoms with van der Waals surface area (Å²) in [6.07, 6.45) is 0.728. The van der Waals surface area contributed by atoms with Gasteiger partial charge < -0.3 is 9.47 Å². The molecule has 0 atom stereocenters. The number of methoxy groups -OCH3 is 2. The molecule has 0 fully saturated rings. The zero-order valence-corrected chi connectivity index (χ0v) is 9.57. The van der Waals surface area contributed by atoms with Crippen molar-refractivity contribution < 1.29 is 19.1 Å². The van der Waals surface area contributed by atoms with Crippen LogP contribution in [0.5, 0.6) is 5.75 Å². The molecule has 0 unspecified atom stereocenters. The van der Waals surface area contributed by atoms with E-state index in [4.69, 9.17) is 4.74 Å². The zero-order chi connectivity index (χ0) is 12.1. The lowest BCUT2D eigenvalue weighted by Crippen LogP contribution is -2.15. The van der Waals surface area contributed by atoms with Crippen LogP contribution < -0.4 is 4.74 Å². The van der Waals surface area contributed by atoms with Gasteiger partial charge in [-0.2, -0.15) is 0 Å². The Morgan fingerprint density at radius 1 is 1.25 bits per heavy atom. The van der Waals surface area contributed by atoms with E-state index in [0.717, 1.165) is 12.0 Å². The second-order valence-electron chi connectivity index (χ2n) is 3.20. The molecule has 86 valence electrons. The van der Waals surface area contributed by atoms with Gasteiger partial charge in [-0.3, -0.25) is 4.79 Å². The number of ether oxygens (including phenoxy) is 2. The third-order valence-electron chi connectivity index (χ3n) is 2.29. The van der Waals surface area contributed by atoms with Gasteiger partial charge in [0.05, 0.1) is 14.2 Å². The van der Waals surface area contributed by atoms with Gasteiger partial charge in [0, 0.05) is 5.56 Å². The Labute approximate surface area is 94.2 Å². The second-order valence-corrected chi connectivity index (χ2v) is 3.20. The van der Waals surface area contributed by atoms with Gasteiger partial charge in [0.15, 0.2) is 0 Å². The maximum absolute atomic E-state index is 11.5. The number of carbonyl (C=O) groups excluding carboxylic acids is 2. The molecule has 0 aromatic heterocycles. The number of carbonyl (C=O) groups is 2. The number of ketones is 1. The molecule has 4 heteroatoms. The number of hydrogen-bond acceptors (Lipinski definition) is 4. The largest absolute Gasteiger partial charge is 0.496 e.